The zero-order valence-electron chi connectivity index (χ0n) is 7.35. The van der Waals surface area contributed by atoms with E-state index < -0.39 is 0 Å². The van der Waals surface area contributed by atoms with E-state index in [1.54, 1.807) is 0 Å². The lowest BCUT2D eigenvalue weighted by Gasteiger charge is -2.14. The molecule has 0 saturated carbocycles. The SMILES string of the molecule is CC[C@H](C)[C@@H]1CO[C@H](CI)C1. The molecule has 1 aliphatic heterocycles. The third kappa shape index (κ3) is 2.58. The van der Waals surface area contributed by atoms with Crippen LogP contribution in [-0.2, 0) is 4.74 Å². The van der Waals surface area contributed by atoms with Crippen LogP contribution in [0.5, 0.6) is 0 Å². The standard InChI is InChI=1S/C9H17IO/c1-3-7(2)8-4-9(5-10)11-6-8/h7-9H,3-6H2,1-2H3/t7-,8-,9-/m0/s1. The highest BCUT2D eigenvalue weighted by Crippen LogP contribution is 2.28. The number of hydrogen-bond donors (Lipinski definition) is 0. The van der Waals surface area contributed by atoms with E-state index in [2.05, 4.69) is 36.4 Å². The highest BCUT2D eigenvalue weighted by atomic mass is 127. The molecule has 0 aromatic rings. The van der Waals surface area contributed by atoms with Crippen molar-refractivity contribution in [3.63, 3.8) is 0 Å². The second kappa shape index (κ2) is 4.65. The molecule has 1 fully saturated rings. The molecule has 0 amide bonds. The van der Waals surface area contributed by atoms with Gasteiger partial charge in [-0.3, -0.25) is 0 Å². The smallest absolute Gasteiger partial charge is 0.0668 e. The molecular formula is C9H17IO. The topological polar surface area (TPSA) is 9.23 Å². The molecule has 1 saturated heterocycles. The maximum Gasteiger partial charge on any atom is 0.0668 e. The molecule has 2 heteroatoms. The molecule has 11 heavy (non-hydrogen) atoms. The largest absolute Gasteiger partial charge is 0.377 e. The van der Waals surface area contributed by atoms with Crippen LogP contribution in [0.3, 0.4) is 0 Å². The first kappa shape index (κ1) is 9.78. The van der Waals surface area contributed by atoms with Crippen molar-refractivity contribution >= 4 is 22.6 Å². The minimum absolute atomic E-state index is 0.551. The van der Waals surface area contributed by atoms with Gasteiger partial charge >= 0.3 is 0 Å². The molecule has 0 N–H and O–H groups in total. The highest BCUT2D eigenvalue weighted by Gasteiger charge is 2.27. The fourth-order valence-electron chi connectivity index (χ4n) is 1.57. The zero-order chi connectivity index (χ0) is 8.27. The van der Waals surface area contributed by atoms with Gasteiger partial charge in [-0.2, -0.15) is 0 Å². The second-order valence-corrected chi connectivity index (χ2v) is 4.37. The first-order chi connectivity index (χ1) is 5.27. The molecule has 1 heterocycles. The minimum atomic E-state index is 0.551. The predicted octanol–water partition coefficient (Wildman–Crippen LogP) is 2.87. The molecule has 0 spiro atoms. The van der Waals surface area contributed by atoms with Crippen molar-refractivity contribution in [2.45, 2.75) is 32.8 Å². The van der Waals surface area contributed by atoms with Gasteiger partial charge in [0.25, 0.3) is 0 Å². The Labute approximate surface area is 83.0 Å². The Morgan fingerprint density at radius 3 is 2.82 bits per heavy atom. The summed E-state index contributed by atoms with van der Waals surface area (Å²) in [7, 11) is 0. The van der Waals surface area contributed by atoms with Crippen LogP contribution in [0.15, 0.2) is 0 Å². The average molecular weight is 268 g/mol. The van der Waals surface area contributed by atoms with E-state index in [1.165, 1.54) is 12.8 Å². The summed E-state index contributed by atoms with van der Waals surface area (Å²) in [6.45, 7) is 5.61. The number of alkyl halides is 1. The highest BCUT2D eigenvalue weighted by molar-refractivity contribution is 14.1. The van der Waals surface area contributed by atoms with Gasteiger partial charge in [0.1, 0.15) is 0 Å². The van der Waals surface area contributed by atoms with E-state index in [9.17, 15) is 0 Å². The number of hydrogen-bond acceptors (Lipinski definition) is 1. The first-order valence-electron chi connectivity index (χ1n) is 4.45. The quantitative estimate of drug-likeness (QED) is 0.565. The summed E-state index contributed by atoms with van der Waals surface area (Å²) in [5, 5.41) is 0. The molecule has 0 aliphatic carbocycles. The van der Waals surface area contributed by atoms with Gasteiger partial charge in [-0.25, -0.2) is 0 Å². The third-order valence-corrected chi connectivity index (χ3v) is 3.71. The van der Waals surface area contributed by atoms with Gasteiger partial charge in [0.2, 0.25) is 0 Å². The van der Waals surface area contributed by atoms with Gasteiger partial charge in [-0.15, -0.1) is 0 Å². The Morgan fingerprint density at radius 1 is 1.64 bits per heavy atom. The van der Waals surface area contributed by atoms with Crippen molar-refractivity contribution in [1.29, 1.82) is 0 Å². The Kier molecular flexibility index (Phi) is 4.13. The van der Waals surface area contributed by atoms with Crippen LogP contribution < -0.4 is 0 Å². The van der Waals surface area contributed by atoms with E-state index in [4.69, 9.17) is 4.74 Å². The Balaban J connectivity index is 2.29. The van der Waals surface area contributed by atoms with Crippen LogP contribution in [-0.4, -0.2) is 17.1 Å². The van der Waals surface area contributed by atoms with Crippen LogP contribution in [0.1, 0.15) is 26.7 Å². The fraction of sp³-hybridized carbons (Fsp3) is 1.00. The summed E-state index contributed by atoms with van der Waals surface area (Å²) >= 11 is 2.41. The van der Waals surface area contributed by atoms with E-state index in [0.29, 0.717) is 6.10 Å². The van der Waals surface area contributed by atoms with Crippen molar-refractivity contribution in [3.05, 3.63) is 0 Å². The fourth-order valence-corrected chi connectivity index (χ4v) is 2.18. The van der Waals surface area contributed by atoms with Gasteiger partial charge in [0, 0.05) is 4.43 Å². The number of ether oxygens (including phenoxy) is 1. The first-order valence-corrected chi connectivity index (χ1v) is 5.98. The lowest BCUT2D eigenvalue weighted by molar-refractivity contribution is 0.120. The molecule has 1 nitrogen and oxygen atoms in total. The van der Waals surface area contributed by atoms with Gasteiger partial charge < -0.3 is 4.74 Å². The molecule has 66 valence electrons. The molecule has 1 aliphatic rings. The second-order valence-electron chi connectivity index (χ2n) is 3.49. The molecule has 0 unspecified atom stereocenters. The van der Waals surface area contributed by atoms with E-state index in [0.717, 1.165) is 22.9 Å². The Bertz CT molecular complexity index is 116. The summed E-state index contributed by atoms with van der Waals surface area (Å²) in [5.41, 5.74) is 0. The van der Waals surface area contributed by atoms with E-state index in [-0.39, 0.29) is 0 Å². The zero-order valence-corrected chi connectivity index (χ0v) is 9.50. The predicted molar refractivity (Wildman–Crippen MR) is 56.2 cm³/mol. The average Bonchev–Trinajstić information content (AvgIpc) is 2.50. The molecule has 3 atom stereocenters. The number of halogens is 1. The summed E-state index contributed by atoms with van der Waals surface area (Å²) in [4.78, 5) is 0. The maximum atomic E-state index is 5.63. The van der Waals surface area contributed by atoms with Gasteiger partial charge in [-0.05, 0) is 18.3 Å². The Hall–Kier alpha value is 0.690. The number of rotatable bonds is 3. The van der Waals surface area contributed by atoms with Crippen LogP contribution >= 0.6 is 22.6 Å². The van der Waals surface area contributed by atoms with Crippen LogP contribution in [0.2, 0.25) is 0 Å². The van der Waals surface area contributed by atoms with Crippen molar-refractivity contribution in [2.75, 3.05) is 11.0 Å². The molecule has 1 rings (SSSR count). The minimum Gasteiger partial charge on any atom is -0.377 e. The molecule has 0 aromatic carbocycles. The van der Waals surface area contributed by atoms with Crippen molar-refractivity contribution in [2.24, 2.45) is 11.8 Å². The van der Waals surface area contributed by atoms with Gasteiger partial charge in [-0.1, -0.05) is 42.9 Å². The van der Waals surface area contributed by atoms with Gasteiger partial charge in [0.15, 0.2) is 0 Å². The van der Waals surface area contributed by atoms with E-state index in [1.807, 2.05) is 0 Å². The summed E-state index contributed by atoms with van der Waals surface area (Å²) in [5.74, 6) is 1.68. The molecule has 0 bridgehead atoms. The summed E-state index contributed by atoms with van der Waals surface area (Å²) in [6, 6.07) is 0. The third-order valence-electron chi connectivity index (χ3n) is 2.73. The summed E-state index contributed by atoms with van der Waals surface area (Å²) < 4.78 is 6.79. The monoisotopic (exact) mass is 268 g/mol. The lowest BCUT2D eigenvalue weighted by atomic mass is 9.90. The van der Waals surface area contributed by atoms with Crippen LogP contribution in [0, 0.1) is 11.8 Å². The van der Waals surface area contributed by atoms with Gasteiger partial charge in [0.05, 0.1) is 12.7 Å². The normalized spacial score (nSPS) is 34.1. The molecular weight excluding hydrogens is 251 g/mol. The lowest BCUT2D eigenvalue weighted by Crippen LogP contribution is -2.11. The summed E-state index contributed by atoms with van der Waals surface area (Å²) in [6.07, 6.45) is 3.13. The van der Waals surface area contributed by atoms with Crippen molar-refractivity contribution < 1.29 is 4.74 Å². The van der Waals surface area contributed by atoms with Crippen molar-refractivity contribution in [3.8, 4) is 0 Å². The molecule has 0 radical (unpaired) electrons. The maximum absolute atomic E-state index is 5.63. The molecule has 0 aromatic heterocycles. The van der Waals surface area contributed by atoms with Crippen LogP contribution in [0.4, 0.5) is 0 Å². The van der Waals surface area contributed by atoms with Crippen LogP contribution in [0.25, 0.3) is 0 Å². The van der Waals surface area contributed by atoms with Crippen molar-refractivity contribution in [1.82, 2.24) is 0 Å². The van der Waals surface area contributed by atoms with E-state index >= 15 is 0 Å². The Morgan fingerprint density at radius 2 is 2.36 bits per heavy atom.